The summed E-state index contributed by atoms with van der Waals surface area (Å²) in [4.78, 5) is 15.7. The number of non-ortho nitro benzene ring substituents is 1. The number of nitriles is 1. The molecule has 1 aromatic heterocycles. The average Bonchev–Trinajstić information content (AvgIpc) is 3.31. The van der Waals surface area contributed by atoms with Crippen molar-refractivity contribution in [1.82, 2.24) is 4.57 Å². The highest BCUT2D eigenvalue weighted by Gasteiger charge is 2.26. The normalized spacial score (nSPS) is 10.9. The first kappa shape index (κ1) is 26.9. The molecule has 0 unspecified atom stereocenters. The summed E-state index contributed by atoms with van der Waals surface area (Å²) < 4.78 is 8.20. The van der Waals surface area contributed by atoms with Crippen LogP contribution in [-0.4, -0.2) is 22.8 Å². The zero-order chi connectivity index (χ0) is 28.2. The number of aliphatic imine (C=N–C) groups is 1. The van der Waals surface area contributed by atoms with E-state index in [0.29, 0.717) is 39.0 Å². The minimum Gasteiger partial charge on any atom is -0.497 e. The topological polar surface area (TPSA) is 93.5 Å². The number of hydrogen-bond donors (Lipinski definition) is 0. The Labute approximate surface area is 243 Å². The first-order chi connectivity index (χ1) is 19.4. The summed E-state index contributed by atoms with van der Waals surface area (Å²) in [6, 6.07) is 30.9. The van der Waals surface area contributed by atoms with Gasteiger partial charge in [0, 0.05) is 44.7 Å². The molecule has 1 heterocycles. The fraction of sp³-hybridized carbons (Fsp3) is 0.0323. The molecule has 9 heteroatoms. The molecule has 0 saturated carbocycles. The Morgan fingerprint density at radius 3 is 2.30 bits per heavy atom. The number of rotatable bonds is 7. The Balaban J connectivity index is 1.86. The smallest absolute Gasteiger partial charge is 0.269 e. The summed E-state index contributed by atoms with van der Waals surface area (Å²) in [5.74, 6) is 1.08. The van der Waals surface area contributed by atoms with E-state index in [1.54, 1.807) is 31.5 Å². The summed E-state index contributed by atoms with van der Waals surface area (Å²) in [7, 11) is 1.59. The van der Waals surface area contributed by atoms with E-state index in [-0.39, 0.29) is 5.69 Å². The van der Waals surface area contributed by atoms with Crippen LogP contribution in [0.15, 0.2) is 107 Å². The van der Waals surface area contributed by atoms with Crippen LogP contribution in [0.25, 0.3) is 28.1 Å². The molecule has 0 atom stereocenters. The van der Waals surface area contributed by atoms with E-state index in [0.717, 1.165) is 21.3 Å². The number of methoxy groups -OCH3 is 1. The minimum atomic E-state index is -0.455. The molecule has 0 saturated heterocycles. The van der Waals surface area contributed by atoms with Crippen LogP contribution >= 0.6 is 27.5 Å². The Hall–Kier alpha value is -4.71. The Kier molecular flexibility index (Phi) is 7.78. The largest absolute Gasteiger partial charge is 0.497 e. The maximum absolute atomic E-state index is 11.3. The number of hydrogen-bond acceptors (Lipinski definition) is 5. The molecule has 0 bridgehead atoms. The fourth-order valence-electron chi connectivity index (χ4n) is 4.40. The number of ether oxygens (including phenoxy) is 1. The van der Waals surface area contributed by atoms with Crippen LogP contribution in [0.4, 0.5) is 11.5 Å². The third-order valence-corrected chi connectivity index (χ3v) is 7.02. The predicted octanol–water partition coefficient (Wildman–Crippen LogP) is 8.77. The van der Waals surface area contributed by atoms with Crippen molar-refractivity contribution in [2.75, 3.05) is 7.11 Å². The van der Waals surface area contributed by atoms with Gasteiger partial charge in [-0.1, -0.05) is 51.8 Å². The van der Waals surface area contributed by atoms with Gasteiger partial charge in [0.2, 0.25) is 0 Å². The molecule has 0 aliphatic heterocycles. The molecule has 0 amide bonds. The molecule has 0 aliphatic carbocycles. The zero-order valence-electron chi connectivity index (χ0n) is 21.1. The molecule has 5 aromatic rings. The van der Waals surface area contributed by atoms with Crippen molar-refractivity contribution in [3.8, 4) is 39.9 Å². The lowest BCUT2D eigenvalue weighted by Gasteiger charge is -2.14. The van der Waals surface area contributed by atoms with Gasteiger partial charge in [-0.15, -0.1) is 0 Å². The SMILES string of the molecule is COc1ccc(-n2c(/N=C/c3ccc(Br)cc3)c(C#N)c(-c3ccc([N+](=O)[O-])cc3)c2-c2cccc(Cl)c2)cc1. The lowest BCUT2D eigenvalue weighted by Crippen LogP contribution is -1.98. The second-order valence-electron chi connectivity index (χ2n) is 8.69. The first-order valence-electron chi connectivity index (χ1n) is 12.0. The fourth-order valence-corrected chi connectivity index (χ4v) is 4.85. The highest BCUT2D eigenvalue weighted by atomic mass is 79.9. The van der Waals surface area contributed by atoms with Gasteiger partial charge in [0.05, 0.1) is 17.7 Å². The van der Waals surface area contributed by atoms with Gasteiger partial charge >= 0.3 is 0 Å². The molecule has 5 rings (SSSR count). The maximum atomic E-state index is 11.3. The molecule has 196 valence electrons. The highest BCUT2D eigenvalue weighted by molar-refractivity contribution is 9.10. The van der Waals surface area contributed by atoms with Crippen LogP contribution < -0.4 is 4.74 Å². The van der Waals surface area contributed by atoms with Gasteiger partial charge in [-0.2, -0.15) is 5.26 Å². The molecular formula is C31H20BrClN4O3. The molecule has 7 nitrogen and oxygen atoms in total. The number of halogens is 2. The number of nitro groups is 1. The molecule has 0 radical (unpaired) electrons. The second-order valence-corrected chi connectivity index (χ2v) is 10.0. The van der Waals surface area contributed by atoms with E-state index in [1.807, 2.05) is 71.3 Å². The van der Waals surface area contributed by atoms with Crippen LogP contribution in [0.1, 0.15) is 11.1 Å². The van der Waals surface area contributed by atoms with Crippen LogP contribution in [0.2, 0.25) is 5.02 Å². The third-order valence-electron chi connectivity index (χ3n) is 6.26. The van der Waals surface area contributed by atoms with Gasteiger partial charge in [0.1, 0.15) is 17.4 Å². The molecule has 0 spiro atoms. The summed E-state index contributed by atoms with van der Waals surface area (Å²) in [5, 5.41) is 22.4. The highest BCUT2D eigenvalue weighted by Crippen LogP contribution is 2.45. The standard InChI is InChI=1S/C31H20BrClN4O3/c1-40-27-15-13-25(14-16-27)36-30(22-3-2-4-24(33)17-22)29(21-7-11-26(12-8-21)37(38)39)28(18-34)31(36)35-19-20-5-9-23(32)10-6-20/h2-17,19H,1H3/b35-19+. The Morgan fingerprint density at radius 2 is 1.70 bits per heavy atom. The van der Waals surface area contributed by atoms with Crippen molar-refractivity contribution in [2.24, 2.45) is 4.99 Å². The van der Waals surface area contributed by atoms with Gasteiger partial charge in [0.15, 0.2) is 5.82 Å². The Bertz CT molecular complexity index is 1770. The minimum absolute atomic E-state index is 0.0466. The summed E-state index contributed by atoms with van der Waals surface area (Å²) in [6.07, 6.45) is 1.70. The second kappa shape index (κ2) is 11.6. The lowest BCUT2D eigenvalue weighted by molar-refractivity contribution is -0.384. The number of benzene rings is 4. The van der Waals surface area contributed by atoms with Crippen molar-refractivity contribution in [1.29, 1.82) is 5.26 Å². The average molecular weight is 612 g/mol. The van der Waals surface area contributed by atoms with Crippen LogP contribution in [0.3, 0.4) is 0 Å². The predicted molar refractivity (Wildman–Crippen MR) is 161 cm³/mol. The van der Waals surface area contributed by atoms with Crippen molar-refractivity contribution in [2.45, 2.75) is 0 Å². The van der Waals surface area contributed by atoms with Crippen molar-refractivity contribution < 1.29 is 9.66 Å². The monoisotopic (exact) mass is 610 g/mol. The lowest BCUT2D eigenvalue weighted by atomic mass is 9.97. The van der Waals surface area contributed by atoms with Gasteiger partial charge in [-0.05, 0) is 71.8 Å². The molecule has 40 heavy (non-hydrogen) atoms. The van der Waals surface area contributed by atoms with E-state index in [4.69, 9.17) is 21.3 Å². The van der Waals surface area contributed by atoms with Crippen molar-refractivity contribution in [3.05, 3.63) is 128 Å². The maximum Gasteiger partial charge on any atom is 0.269 e. The molecule has 4 aromatic carbocycles. The molecule has 0 aliphatic rings. The van der Waals surface area contributed by atoms with Crippen molar-refractivity contribution >= 4 is 45.3 Å². The van der Waals surface area contributed by atoms with Gasteiger partial charge in [0.25, 0.3) is 5.69 Å². The van der Waals surface area contributed by atoms with E-state index in [1.165, 1.54) is 12.1 Å². The molecule has 0 N–H and O–H groups in total. The van der Waals surface area contributed by atoms with Crippen LogP contribution in [0.5, 0.6) is 5.75 Å². The third kappa shape index (κ3) is 5.38. The number of aromatic nitrogens is 1. The van der Waals surface area contributed by atoms with Gasteiger partial charge < -0.3 is 4.74 Å². The van der Waals surface area contributed by atoms with E-state index < -0.39 is 4.92 Å². The van der Waals surface area contributed by atoms with E-state index in [9.17, 15) is 15.4 Å². The van der Waals surface area contributed by atoms with Crippen molar-refractivity contribution in [3.63, 3.8) is 0 Å². The summed E-state index contributed by atoms with van der Waals surface area (Å²) in [6.45, 7) is 0. The van der Waals surface area contributed by atoms with Gasteiger partial charge in [-0.25, -0.2) is 4.99 Å². The Morgan fingerprint density at radius 1 is 1.00 bits per heavy atom. The first-order valence-corrected chi connectivity index (χ1v) is 13.2. The quantitative estimate of drug-likeness (QED) is 0.104. The number of nitrogens with zero attached hydrogens (tertiary/aromatic N) is 4. The van der Waals surface area contributed by atoms with E-state index in [2.05, 4.69) is 22.0 Å². The number of nitro benzene ring substituents is 1. The van der Waals surface area contributed by atoms with Crippen LogP contribution in [-0.2, 0) is 0 Å². The summed E-state index contributed by atoms with van der Waals surface area (Å²) in [5.41, 5.74) is 4.48. The molecule has 0 fully saturated rings. The van der Waals surface area contributed by atoms with Crippen LogP contribution in [0, 0.1) is 21.4 Å². The van der Waals surface area contributed by atoms with E-state index >= 15 is 0 Å². The zero-order valence-corrected chi connectivity index (χ0v) is 23.4. The summed E-state index contributed by atoms with van der Waals surface area (Å²) >= 11 is 9.87. The molecular weight excluding hydrogens is 592 g/mol. The van der Waals surface area contributed by atoms with Gasteiger partial charge in [-0.3, -0.25) is 14.7 Å².